The fraction of sp³-hybridized carbons (Fsp3) is 0.261. The van der Waals surface area contributed by atoms with E-state index < -0.39 is 10.0 Å². The van der Waals surface area contributed by atoms with Crippen molar-refractivity contribution in [2.75, 3.05) is 25.5 Å². The SMILES string of the molecule is Cc1ccc(C(=O)N2CCCc3cc(S(=O)(=O)N(C)C)ccc32)cc1-n1cccc1. The van der Waals surface area contributed by atoms with Gasteiger partial charge in [-0.3, -0.25) is 4.79 Å². The molecule has 156 valence electrons. The molecular formula is C23H25N3O3S. The molecule has 0 atom stereocenters. The van der Waals surface area contributed by atoms with E-state index in [0.29, 0.717) is 12.1 Å². The molecule has 6 nitrogen and oxygen atoms in total. The van der Waals surface area contributed by atoms with Crippen molar-refractivity contribution in [3.8, 4) is 5.69 Å². The van der Waals surface area contributed by atoms with Gasteiger partial charge in [0.15, 0.2) is 0 Å². The minimum Gasteiger partial charge on any atom is -0.324 e. The van der Waals surface area contributed by atoms with Gasteiger partial charge in [-0.15, -0.1) is 0 Å². The van der Waals surface area contributed by atoms with Crippen LogP contribution in [-0.2, 0) is 16.4 Å². The lowest BCUT2D eigenvalue weighted by molar-refractivity contribution is 0.0985. The maximum Gasteiger partial charge on any atom is 0.258 e. The van der Waals surface area contributed by atoms with E-state index in [1.807, 2.05) is 54.2 Å². The van der Waals surface area contributed by atoms with Crippen molar-refractivity contribution in [1.82, 2.24) is 8.87 Å². The highest BCUT2D eigenvalue weighted by molar-refractivity contribution is 7.89. The van der Waals surface area contributed by atoms with E-state index in [1.165, 1.54) is 18.4 Å². The van der Waals surface area contributed by atoms with Gasteiger partial charge in [0, 0.05) is 50.0 Å². The Balaban J connectivity index is 1.70. The Labute approximate surface area is 177 Å². The second kappa shape index (κ2) is 7.74. The van der Waals surface area contributed by atoms with Crippen LogP contribution in [0.1, 0.15) is 27.9 Å². The molecule has 0 fully saturated rings. The van der Waals surface area contributed by atoms with Gasteiger partial charge in [0.1, 0.15) is 0 Å². The number of benzene rings is 2. The monoisotopic (exact) mass is 423 g/mol. The third-order valence-corrected chi connectivity index (χ3v) is 7.34. The van der Waals surface area contributed by atoms with E-state index in [0.717, 1.165) is 35.3 Å². The molecule has 7 heteroatoms. The largest absolute Gasteiger partial charge is 0.324 e. The smallest absolute Gasteiger partial charge is 0.258 e. The number of aryl methyl sites for hydroxylation is 2. The number of anilines is 1. The minimum absolute atomic E-state index is 0.0763. The lowest BCUT2D eigenvalue weighted by atomic mass is 10.0. The van der Waals surface area contributed by atoms with E-state index in [1.54, 1.807) is 23.1 Å². The van der Waals surface area contributed by atoms with Crippen LogP contribution in [0.5, 0.6) is 0 Å². The highest BCUT2D eigenvalue weighted by Gasteiger charge is 2.26. The third kappa shape index (κ3) is 3.55. The van der Waals surface area contributed by atoms with Crippen molar-refractivity contribution in [3.05, 3.63) is 77.6 Å². The van der Waals surface area contributed by atoms with Gasteiger partial charge in [-0.1, -0.05) is 6.07 Å². The van der Waals surface area contributed by atoms with E-state index in [9.17, 15) is 13.2 Å². The number of hydrogen-bond donors (Lipinski definition) is 0. The van der Waals surface area contributed by atoms with E-state index >= 15 is 0 Å². The zero-order valence-electron chi connectivity index (χ0n) is 17.4. The molecule has 3 aromatic rings. The molecule has 1 amide bonds. The molecule has 0 spiro atoms. The molecular weight excluding hydrogens is 398 g/mol. The molecule has 0 aliphatic carbocycles. The maximum atomic E-state index is 13.4. The molecule has 0 bridgehead atoms. The molecule has 2 heterocycles. The number of sulfonamides is 1. The van der Waals surface area contributed by atoms with Gasteiger partial charge in [0.2, 0.25) is 10.0 Å². The van der Waals surface area contributed by atoms with Crippen molar-refractivity contribution < 1.29 is 13.2 Å². The van der Waals surface area contributed by atoms with Gasteiger partial charge in [-0.25, -0.2) is 12.7 Å². The summed E-state index contributed by atoms with van der Waals surface area (Å²) in [6.45, 7) is 2.63. The number of amides is 1. The van der Waals surface area contributed by atoms with Gasteiger partial charge in [0.25, 0.3) is 5.91 Å². The predicted molar refractivity (Wildman–Crippen MR) is 118 cm³/mol. The summed E-state index contributed by atoms with van der Waals surface area (Å²) in [5, 5.41) is 0. The molecule has 1 aliphatic heterocycles. The van der Waals surface area contributed by atoms with Gasteiger partial charge >= 0.3 is 0 Å². The first-order chi connectivity index (χ1) is 14.3. The van der Waals surface area contributed by atoms with Crippen molar-refractivity contribution in [1.29, 1.82) is 0 Å². The van der Waals surface area contributed by atoms with E-state index in [2.05, 4.69) is 0 Å². The summed E-state index contributed by atoms with van der Waals surface area (Å²) >= 11 is 0. The standard InChI is InChI=1S/C23H25N3O3S/c1-17-8-9-19(16-22(17)25-12-4-5-13-25)23(27)26-14-6-7-18-15-20(10-11-21(18)26)30(28,29)24(2)3/h4-5,8-13,15-16H,6-7,14H2,1-3H3. The lowest BCUT2D eigenvalue weighted by Gasteiger charge is -2.30. The van der Waals surface area contributed by atoms with Gasteiger partial charge in [0.05, 0.1) is 4.90 Å². The summed E-state index contributed by atoms with van der Waals surface area (Å²) < 4.78 is 28.2. The van der Waals surface area contributed by atoms with E-state index in [-0.39, 0.29) is 10.8 Å². The highest BCUT2D eigenvalue weighted by atomic mass is 32.2. The number of carbonyl (C=O) groups is 1. The molecule has 1 aliphatic rings. The number of nitrogens with zero attached hydrogens (tertiary/aromatic N) is 3. The van der Waals surface area contributed by atoms with Crippen molar-refractivity contribution in [2.45, 2.75) is 24.7 Å². The fourth-order valence-corrected chi connectivity index (χ4v) is 4.78. The van der Waals surface area contributed by atoms with Crippen LogP contribution in [0.15, 0.2) is 65.8 Å². The van der Waals surface area contributed by atoms with Gasteiger partial charge in [-0.2, -0.15) is 0 Å². The van der Waals surface area contributed by atoms with Gasteiger partial charge in [-0.05, 0) is 73.4 Å². The van der Waals surface area contributed by atoms with Crippen LogP contribution in [-0.4, -0.2) is 43.8 Å². The number of rotatable bonds is 4. The first kappa shape index (κ1) is 20.4. The molecule has 0 unspecified atom stereocenters. The Morgan fingerprint density at radius 1 is 1.00 bits per heavy atom. The second-order valence-corrected chi connectivity index (χ2v) is 9.88. The zero-order valence-corrected chi connectivity index (χ0v) is 18.2. The normalized spacial score (nSPS) is 14.1. The average molecular weight is 424 g/mol. The second-order valence-electron chi connectivity index (χ2n) is 7.73. The summed E-state index contributed by atoms with van der Waals surface area (Å²) in [5.74, 6) is -0.0763. The number of hydrogen-bond acceptors (Lipinski definition) is 3. The fourth-order valence-electron chi connectivity index (χ4n) is 3.83. The lowest BCUT2D eigenvalue weighted by Crippen LogP contribution is -2.35. The number of aromatic nitrogens is 1. The average Bonchev–Trinajstić information content (AvgIpc) is 3.27. The molecule has 1 aromatic heterocycles. The molecule has 0 N–H and O–H groups in total. The first-order valence-corrected chi connectivity index (χ1v) is 11.3. The van der Waals surface area contributed by atoms with Crippen LogP contribution < -0.4 is 4.90 Å². The summed E-state index contributed by atoms with van der Waals surface area (Å²) in [6, 6.07) is 14.7. The first-order valence-electron chi connectivity index (χ1n) is 9.90. The summed E-state index contributed by atoms with van der Waals surface area (Å²) in [4.78, 5) is 15.4. The Morgan fingerprint density at radius 3 is 2.43 bits per heavy atom. The number of fused-ring (bicyclic) bond motifs is 1. The Hall–Kier alpha value is -2.90. The van der Waals surface area contributed by atoms with Crippen LogP contribution in [0.4, 0.5) is 5.69 Å². The predicted octanol–water partition coefficient (Wildman–Crippen LogP) is 3.63. The van der Waals surface area contributed by atoms with Crippen LogP contribution >= 0.6 is 0 Å². The summed E-state index contributed by atoms with van der Waals surface area (Å²) in [5.41, 5.74) is 4.33. The molecule has 0 saturated heterocycles. The highest BCUT2D eigenvalue weighted by Crippen LogP contribution is 2.31. The Kier molecular flexibility index (Phi) is 5.26. The van der Waals surface area contributed by atoms with Crippen molar-refractivity contribution >= 4 is 21.6 Å². The Bertz CT molecular complexity index is 1200. The molecule has 0 saturated carbocycles. The number of carbonyl (C=O) groups excluding carboxylic acids is 1. The van der Waals surface area contributed by atoms with E-state index in [4.69, 9.17) is 0 Å². The molecule has 4 rings (SSSR count). The summed E-state index contributed by atoms with van der Waals surface area (Å²) in [6.07, 6.45) is 5.46. The topological polar surface area (TPSA) is 62.6 Å². The van der Waals surface area contributed by atoms with Gasteiger partial charge < -0.3 is 9.47 Å². The Morgan fingerprint density at radius 2 is 1.73 bits per heavy atom. The van der Waals surface area contributed by atoms with Crippen LogP contribution in [0.25, 0.3) is 5.69 Å². The third-order valence-electron chi connectivity index (χ3n) is 5.53. The van der Waals surface area contributed by atoms with Crippen LogP contribution in [0.3, 0.4) is 0 Å². The quantitative estimate of drug-likeness (QED) is 0.644. The minimum atomic E-state index is -3.51. The van der Waals surface area contributed by atoms with Crippen LogP contribution in [0, 0.1) is 6.92 Å². The van der Waals surface area contributed by atoms with Crippen molar-refractivity contribution in [3.63, 3.8) is 0 Å². The maximum absolute atomic E-state index is 13.4. The van der Waals surface area contributed by atoms with Crippen LogP contribution in [0.2, 0.25) is 0 Å². The zero-order chi connectivity index (χ0) is 21.5. The molecule has 0 radical (unpaired) electrons. The summed E-state index contributed by atoms with van der Waals surface area (Å²) in [7, 11) is -0.472. The van der Waals surface area contributed by atoms with Crippen molar-refractivity contribution in [2.24, 2.45) is 0 Å². The molecule has 30 heavy (non-hydrogen) atoms. The molecule has 2 aromatic carbocycles.